The first-order valence-electron chi connectivity index (χ1n) is 6.35. The van der Waals surface area contributed by atoms with Crippen molar-refractivity contribution in [2.75, 3.05) is 6.61 Å². The molecule has 1 heterocycles. The van der Waals surface area contributed by atoms with Gasteiger partial charge in [0.25, 0.3) is 0 Å². The second kappa shape index (κ2) is 6.04. The minimum atomic E-state index is -1.59. The predicted octanol–water partition coefficient (Wildman–Crippen LogP) is -1.42. The molecule has 0 radical (unpaired) electrons. The molecular formula is C13H18O8. The summed E-state index contributed by atoms with van der Waals surface area (Å²) in [6.07, 6.45) is -7.21. The molecule has 21 heavy (non-hydrogen) atoms. The molecule has 1 aromatic carbocycles. The van der Waals surface area contributed by atoms with Crippen molar-refractivity contribution < 1.29 is 40.1 Å². The maximum atomic E-state index is 9.83. The third-order valence-electron chi connectivity index (χ3n) is 3.29. The minimum absolute atomic E-state index is 0.156. The van der Waals surface area contributed by atoms with E-state index in [1.807, 2.05) is 0 Å². The fraction of sp³-hybridized carbons (Fsp3) is 0.538. The Morgan fingerprint density at radius 3 is 2.38 bits per heavy atom. The molecule has 0 amide bonds. The van der Waals surface area contributed by atoms with E-state index in [9.17, 15) is 25.5 Å². The number of benzene rings is 1. The number of rotatable bonds is 3. The number of aliphatic hydroxyl groups is 4. The zero-order valence-electron chi connectivity index (χ0n) is 11.2. The summed E-state index contributed by atoms with van der Waals surface area (Å²) in [4.78, 5) is 0. The van der Waals surface area contributed by atoms with Gasteiger partial charge in [0.15, 0.2) is 11.5 Å². The third kappa shape index (κ3) is 3.04. The molecule has 0 unspecified atom stereocenters. The Bertz CT molecular complexity index is 503. The molecular weight excluding hydrogens is 284 g/mol. The minimum Gasteiger partial charge on any atom is -0.504 e. The fourth-order valence-corrected chi connectivity index (χ4v) is 2.11. The van der Waals surface area contributed by atoms with Gasteiger partial charge in [0, 0.05) is 0 Å². The normalized spacial score (nSPS) is 32.9. The van der Waals surface area contributed by atoms with Gasteiger partial charge in [-0.15, -0.1) is 0 Å². The number of phenols is 2. The summed E-state index contributed by atoms with van der Waals surface area (Å²) in [5.74, 6) is -1.11. The van der Waals surface area contributed by atoms with E-state index in [2.05, 4.69) is 0 Å². The van der Waals surface area contributed by atoms with Gasteiger partial charge in [-0.05, 0) is 24.6 Å². The molecule has 0 saturated carbocycles. The van der Waals surface area contributed by atoms with Crippen LogP contribution in [0.1, 0.15) is 5.56 Å². The van der Waals surface area contributed by atoms with Gasteiger partial charge < -0.3 is 40.1 Å². The lowest BCUT2D eigenvalue weighted by Crippen LogP contribution is -2.60. The highest BCUT2D eigenvalue weighted by molar-refractivity contribution is 5.51. The van der Waals surface area contributed by atoms with Crippen LogP contribution in [0.15, 0.2) is 12.1 Å². The van der Waals surface area contributed by atoms with Gasteiger partial charge in [-0.1, -0.05) is 0 Å². The lowest BCUT2D eigenvalue weighted by atomic mass is 9.99. The van der Waals surface area contributed by atoms with E-state index in [4.69, 9.17) is 14.6 Å². The molecule has 6 N–H and O–H groups in total. The van der Waals surface area contributed by atoms with E-state index in [0.717, 1.165) is 0 Å². The van der Waals surface area contributed by atoms with E-state index in [0.29, 0.717) is 5.56 Å². The van der Waals surface area contributed by atoms with E-state index in [1.165, 1.54) is 12.1 Å². The van der Waals surface area contributed by atoms with Gasteiger partial charge >= 0.3 is 0 Å². The van der Waals surface area contributed by atoms with Crippen molar-refractivity contribution in [3.8, 4) is 17.2 Å². The lowest BCUT2D eigenvalue weighted by Gasteiger charge is -2.39. The number of aryl methyl sites for hydroxylation is 1. The van der Waals surface area contributed by atoms with E-state index >= 15 is 0 Å². The van der Waals surface area contributed by atoms with Gasteiger partial charge in [0.05, 0.1) is 6.61 Å². The first-order valence-corrected chi connectivity index (χ1v) is 6.35. The first kappa shape index (κ1) is 15.8. The van der Waals surface area contributed by atoms with E-state index in [1.54, 1.807) is 6.92 Å². The highest BCUT2D eigenvalue weighted by atomic mass is 16.7. The van der Waals surface area contributed by atoms with Crippen LogP contribution in [0.25, 0.3) is 0 Å². The third-order valence-corrected chi connectivity index (χ3v) is 3.29. The average Bonchev–Trinajstić information content (AvgIpc) is 2.44. The lowest BCUT2D eigenvalue weighted by molar-refractivity contribution is -0.277. The Balaban J connectivity index is 2.22. The Morgan fingerprint density at radius 2 is 1.76 bits per heavy atom. The van der Waals surface area contributed by atoms with Gasteiger partial charge in [0.1, 0.15) is 24.4 Å². The Labute approximate surface area is 120 Å². The molecule has 1 fully saturated rings. The molecule has 1 aliphatic heterocycles. The van der Waals surface area contributed by atoms with Crippen LogP contribution in [0, 0.1) is 6.92 Å². The number of aliphatic hydroxyl groups excluding tert-OH is 4. The Kier molecular flexibility index (Phi) is 4.55. The molecule has 0 spiro atoms. The molecule has 5 atom stereocenters. The van der Waals surface area contributed by atoms with Gasteiger partial charge in [-0.3, -0.25) is 0 Å². The Hall–Kier alpha value is -1.58. The van der Waals surface area contributed by atoms with Gasteiger partial charge in [-0.25, -0.2) is 0 Å². The second-order valence-electron chi connectivity index (χ2n) is 4.95. The van der Waals surface area contributed by atoms with Crippen LogP contribution in [-0.2, 0) is 4.74 Å². The number of hydrogen-bond acceptors (Lipinski definition) is 8. The summed E-state index contributed by atoms with van der Waals surface area (Å²) in [5, 5.41) is 57.4. The van der Waals surface area contributed by atoms with Crippen LogP contribution in [0.3, 0.4) is 0 Å². The molecule has 1 saturated heterocycles. The summed E-state index contributed by atoms with van der Waals surface area (Å²) in [7, 11) is 0. The van der Waals surface area contributed by atoms with Crippen molar-refractivity contribution in [1.82, 2.24) is 0 Å². The van der Waals surface area contributed by atoms with Crippen molar-refractivity contribution in [2.45, 2.75) is 37.6 Å². The summed E-state index contributed by atoms with van der Waals surface area (Å²) in [6, 6.07) is 2.71. The molecule has 118 valence electrons. The van der Waals surface area contributed by atoms with Crippen LogP contribution in [-0.4, -0.2) is 68.0 Å². The molecule has 0 bridgehead atoms. The maximum absolute atomic E-state index is 9.83. The number of hydrogen-bond donors (Lipinski definition) is 6. The van der Waals surface area contributed by atoms with Crippen LogP contribution in [0.5, 0.6) is 17.2 Å². The topological polar surface area (TPSA) is 140 Å². The zero-order valence-corrected chi connectivity index (χ0v) is 11.2. The summed E-state index contributed by atoms with van der Waals surface area (Å²) in [5.41, 5.74) is 0.588. The molecule has 2 rings (SSSR count). The van der Waals surface area contributed by atoms with Crippen molar-refractivity contribution in [2.24, 2.45) is 0 Å². The quantitative estimate of drug-likeness (QED) is 0.374. The SMILES string of the molecule is Cc1cc(O)c(O)c(O[C@@H]2O[C@H](CO)[C@@H](O)[C@H](O)[C@H]2O)c1. The van der Waals surface area contributed by atoms with Crippen molar-refractivity contribution >= 4 is 0 Å². The number of aromatic hydroxyl groups is 2. The highest BCUT2D eigenvalue weighted by Crippen LogP contribution is 2.38. The molecule has 0 aliphatic carbocycles. The van der Waals surface area contributed by atoms with Crippen LogP contribution < -0.4 is 4.74 Å². The summed E-state index contributed by atoms with van der Waals surface area (Å²) < 4.78 is 10.4. The molecule has 0 aromatic heterocycles. The fourth-order valence-electron chi connectivity index (χ4n) is 2.11. The van der Waals surface area contributed by atoms with Crippen LogP contribution in [0.4, 0.5) is 0 Å². The van der Waals surface area contributed by atoms with Crippen molar-refractivity contribution in [3.63, 3.8) is 0 Å². The van der Waals surface area contributed by atoms with Crippen molar-refractivity contribution in [1.29, 1.82) is 0 Å². The smallest absolute Gasteiger partial charge is 0.229 e. The maximum Gasteiger partial charge on any atom is 0.229 e. The molecule has 1 aromatic rings. The number of ether oxygens (including phenoxy) is 2. The number of phenolic OH excluding ortho intramolecular Hbond substituents is 2. The van der Waals surface area contributed by atoms with Crippen molar-refractivity contribution in [3.05, 3.63) is 17.7 Å². The van der Waals surface area contributed by atoms with Crippen LogP contribution >= 0.6 is 0 Å². The second-order valence-corrected chi connectivity index (χ2v) is 4.95. The highest BCUT2D eigenvalue weighted by Gasteiger charge is 2.45. The Morgan fingerprint density at radius 1 is 1.10 bits per heavy atom. The standard InChI is InChI=1S/C13H18O8/c1-5-2-6(15)9(16)7(3-5)20-13-12(19)11(18)10(17)8(4-14)21-13/h2-3,8,10-19H,4H2,1H3/t8-,10-,11+,12-,13-/m1/s1. The molecule has 1 aliphatic rings. The van der Waals surface area contributed by atoms with Gasteiger partial charge in [0.2, 0.25) is 12.0 Å². The zero-order chi connectivity index (χ0) is 15.7. The monoisotopic (exact) mass is 302 g/mol. The first-order chi connectivity index (χ1) is 9.85. The average molecular weight is 302 g/mol. The predicted molar refractivity (Wildman–Crippen MR) is 68.9 cm³/mol. The van der Waals surface area contributed by atoms with E-state index in [-0.39, 0.29) is 5.75 Å². The van der Waals surface area contributed by atoms with E-state index < -0.39 is 48.8 Å². The van der Waals surface area contributed by atoms with Crippen LogP contribution in [0.2, 0.25) is 0 Å². The largest absolute Gasteiger partial charge is 0.504 e. The molecule has 8 heteroatoms. The summed E-state index contributed by atoms with van der Waals surface area (Å²) >= 11 is 0. The summed E-state index contributed by atoms with van der Waals surface area (Å²) in [6.45, 7) is 1.06. The molecule has 8 nitrogen and oxygen atoms in total. The van der Waals surface area contributed by atoms with Gasteiger partial charge in [-0.2, -0.15) is 0 Å².